The number of Topliss-reactive ketones (excluding diaryl/α,β-unsaturated/α-hetero) is 2. The Hall–Kier alpha value is -8.85. The zero-order valence-corrected chi connectivity index (χ0v) is 46.1. The van der Waals surface area contributed by atoms with Gasteiger partial charge in [-0.1, -0.05) is 24.3 Å². The second-order valence-corrected chi connectivity index (χ2v) is 17.8. The van der Waals surface area contributed by atoms with E-state index >= 15 is 0 Å². The first-order chi connectivity index (χ1) is 37.0. The number of nitrogens with one attached hydrogen (secondary N) is 1. The second kappa shape index (κ2) is 33.3. The summed E-state index contributed by atoms with van der Waals surface area (Å²) in [6.07, 6.45) is 12.0. The lowest BCUT2D eigenvalue weighted by Crippen LogP contribution is -2.25. The molecule has 79 heavy (non-hydrogen) atoms. The van der Waals surface area contributed by atoms with Gasteiger partial charge in [-0.15, -0.1) is 12.4 Å². The van der Waals surface area contributed by atoms with E-state index in [1.54, 1.807) is 26.0 Å². The number of phenols is 1. The first kappa shape index (κ1) is 66.3. The Morgan fingerprint density at radius 1 is 0.608 bits per heavy atom. The molecule has 0 aromatic heterocycles. The standard InChI is InChI=1S/C13H15NO4.2C10H9NO4.C10H13NO.C6H5NO3.2C4H8.ClH/c1-8(15)14-10-3-5-12-9(6-10)2-4-11(18-12)7-13(16)17;2*1-6-4-9(12)8-5-7(11(13)14)2-3-10(8)15-6;1-7-2-3-8-6-9(11)4-5-10(8)12-7;8-6-3-1-5(2-4-6)7(9)10;2*1-3-4-2;/h3,5-6,11H,2,4,7H2,1H3,(H,14,15)(H,16,17);2*2-3,5-6H,4H2,1H3;4-7H,2-3,11H2,1H3;1-4,8H;2*3-4H,1-2H3;1H/b;;;;;4-3+;4-3-;/t11-;;;7-;;;;/m0..1..../s1. The number of carboxylic acids is 1. The number of nitro benzene ring substituents is 3. The van der Waals surface area contributed by atoms with Gasteiger partial charge in [0.25, 0.3) is 17.1 Å². The van der Waals surface area contributed by atoms with Gasteiger partial charge in [0.1, 0.15) is 47.1 Å². The SMILES string of the molecule is C/C=C/C.C/C=C\C.CC(=O)Nc1ccc2c(c1)CC[C@@H](CC(=O)O)O2.CC1CC(=O)c2cc([N+](=O)[O-])ccc2O1.CC1CC(=O)c2cc([N+](=O)[O-])ccc2O1.C[C@@H]1CCc2cc(N)ccc2O1.Cl.O=[N+]([O-])c1ccc(O)cc1. The fourth-order valence-electron chi connectivity index (χ4n) is 7.35. The number of aryl methyl sites for hydroxylation is 2. The van der Waals surface area contributed by atoms with Crippen molar-refractivity contribution in [3.63, 3.8) is 0 Å². The van der Waals surface area contributed by atoms with Crippen LogP contribution in [0.4, 0.5) is 28.4 Å². The Bertz CT molecular complexity index is 2850. The van der Waals surface area contributed by atoms with Crippen molar-refractivity contribution in [1.82, 2.24) is 0 Å². The van der Waals surface area contributed by atoms with Crippen molar-refractivity contribution < 1.29 is 63.1 Å². The summed E-state index contributed by atoms with van der Waals surface area (Å²) in [6, 6.07) is 24.4. The first-order valence-electron chi connectivity index (χ1n) is 24.9. The lowest BCUT2D eigenvalue weighted by molar-refractivity contribution is -0.385. The summed E-state index contributed by atoms with van der Waals surface area (Å²) in [5.74, 6) is 1.44. The van der Waals surface area contributed by atoms with Crippen molar-refractivity contribution in [3.05, 3.63) is 174 Å². The predicted molar refractivity (Wildman–Crippen MR) is 302 cm³/mol. The van der Waals surface area contributed by atoms with Crippen LogP contribution in [0.15, 0.2) is 121 Å². The molecule has 4 aliphatic heterocycles. The number of amides is 1. The van der Waals surface area contributed by atoms with Crippen LogP contribution in [-0.2, 0) is 22.4 Å². The molecule has 4 heterocycles. The van der Waals surface area contributed by atoms with Crippen LogP contribution in [0.1, 0.15) is 119 Å². The number of carbonyl (C=O) groups is 4. The summed E-state index contributed by atoms with van der Waals surface area (Å²) < 4.78 is 22.0. The summed E-state index contributed by atoms with van der Waals surface area (Å²) in [4.78, 5) is 74.2. The van der Waals surface area contributed by atoms with Crippen LogP contribution >= 0.6 is 12.4 Å². The maximum atomic E-state index is 11.6. The number of anilines is 2. The van der Waals surface area contributed by atoms with E-state index in [1.807, 2.05) is 76.3 Å². The molecule has 0 aliphatic carbocycles. The van der Waals surface area contributed by atoms with Gasteiger partial charge in [0.2, 0.25) is 5.91 Å². The Labute approximate surface area is 464 Å². The number of phenolic OH excluding ortho intramolecular Hbond substituents is 1. The number of rotatable bonds is 6. The monoisotopic (exact) mass is 1110 g/mol. The number of halogens is 1. The molecule has 0 bridgehead atoms. The summed E-state index contributed by atoms with van der Waals surface area (Å²) in [6.45, 7) is 15.1. The number of hydrogen-bond donors (Lipinski definition) is 4. The van der Waals surface area contributed by atoms with Crippen molar-refractivity contribution in [2.45, 2.75) is 125 Å². The lowest BCUT2D eigenvalue weighted by atomic mass is 10.00. The predicted octanol–water partition coefficient (Wildman–Crippen LogP) is 12.6. The van der Waals surface area contributed by atoms with E-state index in [4.69, 9.17) is 34.9 Å². The van der Waals surface area contributed by atoms with E-state index in [2.05, 4.69) is 12.2 Å². The number of nitro groups is 3. The maximum absolute atomic E-state index is 11.6. The molecule has 2 unspecified atom stereocenters. The molecule has 4 atom stereocenters. The van der Waals surface area contributed by atoms with Gasteiger partial charge in [0.05, 0.1) is 38.4 Å². The van der Waals surface area contributed by atoms with Crippen molar-refractivity contribution in [2.24, 2.45) is 0 Å². The van der Waals surface area contributed by atoms with E-state index < -0.39 is 20.7 Å². The third kappa shape index (κ3) is 22.7. The number of aliphatic carboxylic acids is 1. The molecule has 21 nitrogen and oxygen atoms in total. The Morgan fingerprint density at radius 3 is 1.48 bits per heavy atom. The highest BCUT2D eigenvalue weighted by Crippen LogP contribution is 2.34. The number of nitrogens with two attached hydrogens (primary N) is 1. The number of nitrogens with zero attached hydrogens (tertiary/aromatic N) is 3. The third-order valence-corrected chi connectivity index (χ3v) is 11.3. The van der Waals surface area contributed by atoms with Crippen LogP contribution in [0, 0.1) is 30.3 Å². The number of hydrogen-bond acceptors (Lipinski definition) is 16. The zero-order chi connectivity index (χ0) is 58.1. The molecule has 5 aromatic rings. The van der Waals surface area contributed by atoms with Crippen LogP contribution in [0.5, 0.6) is 28.7 Å². The topological polar surface area (TPSA) is 313 Å². The Balaban J connectivity index is 0.000000328. The highest BCUT2D eigenvalue weighted by molar-refractivity contribution is 6.01. The van der Waals surface area contributed by atoms with E-state index in [-0.39, 0.29) is 90.3 Å². The lowest BCUT2D eigenvalue weighted by Gasteiger charge is -2.25. The minimum Gasteiger partial charge on any atom is -0.508 e. The van der Waals surface area contributed by atoms with E-state index in [9.17, 15) is 49.5 Å². The molecular formula is C57H68ClN5O16. The molecule has 5 aromatic carbocycles. The molecule has 0 saturated carbocycles. The Kier molecular flexibility index (Phi) is 28.0. The average molecular weight is 1110 g/mol. The van der Waals surface area contributed by atoms with Gasteiger partial charge >= 0.3 is 5.97 Å². The Morgan fingerprint density at radius 2 is 1.03 bits per heavy atom. The van der Waals surface area contributed by atoms with Crippen LogP contribution < -0.4 is 30.0 Å². The van der Waals surface area contributed by atoms with Gasteiger partial charge in [-0.05, 0) is 146 Å². The molecule has 0 fully saturated rings. The summed E-state index contributed by atoms with van der Waals surface area (Å²) in [7, 11) is 0. The number of allylic oxidation sites excluding steroid dienone is 4. The third-order valence-electron chi connectivity index (χ3n) is 11.3. The second-order valence-electron chi connectivity index (χ2n) is 17.8. The number of nitrogen functional groups attached to an aromatic ring is 1. The van der Waals surface area contributed by atoms with Crippen LogP contribution in [-0.4, -0.2) is 72.8 Å². The van der Waals surface area contributed by atoms with Gasteiger partial charge in [0, 0.05) is 67.5 Å². The zero-order valence-electron chi connectivity index (χ0n) is 45.2. The van der Waals surface area contributed by atoms with Gasteiger partial charge in [-0.25, -0.2) is 0 Å². The average Bonchev–Trinajstić information content (AvgIpc) is 3.41. The molecular weight excluding hydrogens is 1050 g/mol. The minimum atomic E-state index is -0.849. The van der Waals surface area contributed by atoms with Gasteiger partial charge in [-0.3, -0.25) is 49.5 Å². The van der Waals surface area contributed by atoms with Gasteiger partial charge in [0.15, 0.2) is 11.6 Å². The first-order valence-corrected chi connectivity index (χ1v) is 24.9. The highest BCUT2D eigenvalue weighted by Gasteiger charge is 2.27. The largest absolute Gasteiger partial charge is 0.508 e. The molecule has 9 rings (SSSR count). The molecule has 424 valence electrons. The number of aromatic hydroxyl groups is 1. The van der Waals surface area contributed by atoms with Gasteiger partial charge in [-0.2, -0.15) is 0 Å². The molecule has 5 N–H and O–H groups in total. The van der Waals surface area contributed by atoms with E-state index in [1.165, 1.54) is 73.2 Å². The summed E-state index contributed by atoms with van der Waals surface area (Å²) >= 11 is 0. The number of non-ortho nitro benzene ring substituents is 3. The fraction of sp³-hybridized carbons (Fsp3) is 0.333. The maximum Gasteiger partial charge on any atom is 0.307 e. The molecule has 1 amide bonds. The quantitative estimate of drug-likeness (QED) is 0.0531. The molecule has 4 aliphatic rings. The number of carbonyl (C=O) groups excluding carboxylic acids is 3. The number of ether oxygens (including phenoxy) is 4. The van der Waals surface area contributed by atoms with Crippen LogP contribution in [0.2, 0.25) is 0 Å². The molecule has 0 saturated heterocycles. The molecule has 0 spiro atoms. The van der Waals surface area contributed by atoms with Crippen LogP contribution in [0.25, 0.3) is 0 Å². The number of fused-ring (bicyclic) bond motifs is 4. The van der Waals surface area contributed by atoms with E-state index in [0.717, 1.165) is 42.0 Å². The van der Waals surface area contributed by atoms with E-state index in [0.29, 0.717) is 40.9 Å². The summed E-state index contributed by atoms with van der Waals surface area (Å²) in [5.41, 5.74) is 9.90. The minimum absolute atomic E-state index is 0. The normalized spacial score (nSPS) is 16.7. The smallest absolute Gasteiger partial charge is 0.307 e. The van der Waals surface area contributed by atoms with Crippen molar-refractivity contribution in [3.8, 4) is 28.7 Å². The number of carboxylic acid groups (broad SMARTS) is 1. The summed E-state index contributed by atoms with van der Waals surface area (Å²) in [5, 5.41) is 51.2. The van der Waals surface area contributed by atoms with Crippen molar-refractivity contribution in [1.29, 1.82) is 0 Å². The number of benzene rings is 5. The van der Waals surface area contributed by atoms with Crippen LogP contribution in [0.3, 0.4) is 0 Å². The van der Waals surface area contributed by atoms with Gasteiger partial charge < -0.3 is 40.2 Å². The van der Waals surface area contributed by atoms with Crippen molar-refractivity contribution in [2.75, 3.05) is 11.1 Å². The molecule has 0 radical (unpaired) electrons. The number of ketones is 2. The van der Waals surface area contributed by atoms with Crippen molar-refractivity contribution >= 4 is 64.3 Å². The highest BCUT2D eigenvalue weighted by atomic mass is 35.5. The molecule has 22 heteroatoms. The fourth-order valence-corrected chi connectivity index (χ4v) is 7.35.